The van der Waals surface area contributed by atoms with Crippen molar-refractivity contribution in [2.24, 2.45) is 4.99 Å². The van der Waals surface area contributed by atoms with Crippen molar-refractivity contribution in [2.45, 2.75) is 36.3 Å². The Morgan fingerprint density at radius 1 is 1.04 bits per heavy atom. The van der Waals surface area contributed by atoms with Gasteiger partial charge in [-0.25, -0.2) is 4.79 Å². The van der Waals surface area contributed by atoms with Gasteiger partial charge >= 0.3 is 22.1 Å². The zero-order valence-corrected chi connectivity index (χ0v) is 26.0. The molecule has 0 saturated carbocycles. The van der Waals surface area contributed by atoms with Crippen LogP contribution < -0.4 is 0 Å². The quantitative estimate of drug-likeness (QED) is 0.0823. The number of rotatable bonds is 10. The van der Waals surface area contributed by atoms with Gasteiger partial charge in [-0.3, -0.25) is 34.1 Å². The second-order valence-electron chi connectivity index (χ2n) is 10.5. The number of hydrogen-bond donors (Lipinski definition) is 1. The fraction of sp³-hybridized carbons (Fsp3) is 0.226. The van der Waals surface area contributed by atoms with E-state index in [2.05, 4.69) is 4.99 Å². The molecule has 0 radical (unpaired) electrons. The number of benzene rings is 3. The Kier molecular flexibility index (Phi) is 9.10. The number of amides is 1. The Morgan fingerprint density at radius 3 is 2.11 bits per heavy atom. The maximum atomic E-state index is 14.1. The molecule has 1 amide bonds. The van der Waals surface area contributed by atoms with Gasteiger partial charge in [0, 0.05) is 36.6 Å². The number of fused-ring (bicyclic) bond motifs is 1. The third kappa shape index (κ3) is 6.42. The highest BCUT2D eigenvalue weighted by atomic mass is 32.2. The molecular formula is C31H27N3O10S2. The van der Waals surface area contributed by atoms with Crippen LogP contribution in [0.2, 0.25) is 0 Å². The van der Waals surface area contributed by atoms with E-state index in [0.29, 0.717) is 16.7 Å². The average molecular weight is 666 g/mol. The number of carbonyl (C=O) groups excluding carboxylic acids is 3. The zero-order chi connectivity index (χ0) is 33.2. The Balaban J connectivity index is 1.55. The number of aliphatic imine (C=N–C) groups is 1. The van der Waals surface area contributed by atoms with Crippen LogP contribution in [-0.4, -0.2) is 69.0 Å². The molecule has 0 bridgehead atoms. The van der Waals surface area contributed by atoms with E-state index in [0.717, 1.165) is 23.6 Å². The number of nitro groups is 1. The molecule has 3 aromatic rings. The van der Waals surface area contributed by atoms with Crippen LogP contribution in [0, 0.1) is 10.1 Å². The highest BCUT2D eigenvalue weighted by Gasteiger charge is 2.63. The van der Waals surface area contributed by atoms with Crippen LogP contribution in [-0.2, 0) is 34.0 Å². The van der Waals surface area contributed by atoms with Gasteiger partial charge in [-0.15, -0.1) is 11.8 Å². The number of nitro benzene ring substituents is 1. The number of thioether (sulfide) groups is 1. The molecule has 46 heavy (non-hydrogen) atoms. The van der Waals surface area contributed by atoms with Crippen molar-refractivity contribution in [3.8, 4) is 0 Å². The van der Waals surface area contributed by atoms with E-state index >= 15 is 0 Å². The minimum absolute atomic E-state index is 0.122. The lowest BCUT2D eigenvalue weighted by Crippen LogP contribution is -2.71. The lowest BCUT2D eigenvalue weighted by Gasteiger charge is -2.54. The molecule has 2 heterocycles. The van der Waals surface area contributed by atoms with E-state index in [1.54, 1.807) is 60.7 Å². The fourth-order valence-electron chi connectivity index (χ4n) is 5.12. The molecule has 0 spiro atoms. The van der Waals surface area contributed by atoms with Gasteiger partial charge in [0.1, 0.15) is 11.1 Å². The van der Waals surface area contributed by atoms with Crippen molar-refractivity contribution in [1.29, 1.82) is 0 Å². The number of β-lactam (4-membered cyclic amide) rings is 1. The minimum atomic E-state index is -5.12. The summed E-state index contributed by atoms with van der Waals surface area (Å²) < 4.78 is 45.9. The molecule has 3 atom stereocenters. The minimum Gasteiger partial charge on any atom is -0.448 e. The summed E-state index contributed by atoms with van der Waals surface area (Å²) in [4.78, 5) is 55.7. The molecule has 2 aliphatic heterocycles. The van der Waals surface area contributed by atoms with E-state index in [1.165, 1.54) is 37.4 Å². The van der Waals surface area contributed by atoms with Gasteiger partial charge < -0.3 is 9.47 Å². The molecule has 3 aromatic carbocycles. The van der Waals surface area contributed by atoms with Crippen LogP contribution >= 0.6 is 11.8 Å². The van der Waals surface area contributed by atoms with Crippen molar-refractivity contribution >= 4 is 51.6 Å². The zero-order valence-electron chi connectivity index (χ0n) is 24.4. The van der Waals surface area contributed by atoms with Crippen molar-refractivity contribution in [3.63, 3.8) is 0 Å². The maximum Gasteiger partial charge on any atom is 0.356 e. The first-order valence-electron chi connectivity index (χ1n) is 13.7. The lowest BCUT2D eigenvalue weighted by molar-refractivity contribution is -0.384. The smallest absolute Gasteiger partial charge is 0.356 e. The van der Waals surface area contributed by atoms with E-state index in [9.17, 15) is 37.5 Å². The summed E-state index contributed by atoms with van der Waals surface area (Å²) in [6.07, 6.45) is 0.398. The largest absolute Gasteiger partial charge is 0.448 e. The van der Waals surface area contributed by atoms with Gasteiger partial charge in [0.15, 0.2) is 11.6 Å². The number of carbonyl (C=O) groups is 3. The van der Waals surface area contributed by atoms with E-state index in [-0.39, 0.29) is 17.0 Å². The summed E-state index contributed by atoms with van der Waals surface area (Å²) in [6.45, 7) is 2.47. The molecule has 13 nitrogen and oxygen atoms in total. The van der Waals surface area contributed by atoms with Gasteiger partial charge in [0.05, 0.1) is 4.92 Å². The van der Waals surface area contributed by atoms with E-state index in [4.69, 9.17) is 9.47 Å². The second kappa shape index (κ2) is 12.9. The Hall–Kier alpha value is -4.86. The average Bonchev–Trinajstić information content (AvgIpc) is 3.04. The van der Waals surface area contributed by atoms with Crippen LogP contribution in [0.4, 0.5) is 5.69 Å². The summed E-state index contributed by atoms with van der Waals surface area (Å²) in [6, 6.07) is 23.0. The van der Waals surface area contributed by atoms with Crippen LogP contribution in [0.5, 0.6) is 0 Å². The highest BCUT2D eigenvalue weighted by molar-refractivity contribution is 8.00. The van der Waals surface area contributed by atoms with Crippen LogP contribution in [0.1, 0.15) is 36.6 Å². The second-order valence-corrected chi connectivity index (χ2v) is 13.1. The summed E-state index contributed by atoms with van der Waals surface area (Å²) in [5.41, 5.74) is -3.02. The predicted molar refractivity (Wildman–Crippen MR) is 167 cm³/mol. The first-order valence-corrected chi connectivity index (χ1v) is 16.3. The number of non-ortho nitro benzene ring substituents is 1. The highest BCUT2D eigenvalue weighted by Crippen LogP contribution is 2.49. The SMILES string of the molecule is CC(=O)OC(C1=C(C(=O)OC(c2ccccc2)c2ccccc2)N2C(=O)[C@](C)(N=Cc3ccc([N+](=O)[O-])cc3)[C@H]2SC1)S(=O)(=O)O. The molecule has 1 unspecified atom stereocenters. The Bertz CT molecular complexity index is 1810. The van der Waals surface area contributed by atoms with Crippen molar-refractivity contribution in [1.82, 2.24) is 4.90 Å². The molecule has 5 rings (SSSR count). The van der Waals surface area contributed by atoms with Crippen molar-refractivity contribution < 1.29 is 41.8 Å². The van der Waals surface area contributed by atoms with Crippen LogP contribution in [0.25, 0.3) is 0 Å². The molecule has 1 fully saturated rings. The number of nitrogens with zero attached hydrogens (tertiary/aromatic N) is 3. The van der Waals surface area contributed by atoms with Gasteiger partial charge in [-0.05, 0) is 35.7 Å². The fourth-order valence-corrected chi connectivity index (χ4v) is 7.50. The lowest BCUT2D eigenvalue weighted by atomic mass is 9.89. The molecular weight excluding hydrogens is 638 g/mol. The molecule has 1 saturated heterocycles. The maximum absolute atomic E-state index is 14.1. The van der Waals surface area contributed by atoms with E-state index in [1.807, 2.05) is 0 Å². The Morgan fingerprint density at radius 2 is 1.61 bits per heavy atom. The van der Waals surface area contributed by atoms with Crippen molar-refractivity contribution in [3.05, 3.63) is 123 Å². The van der Waals surface area contributed by atoms with Crippen LogP contribution in [0.3, 0.4) is 0 Å². The summed E-state index contributed by atoms with van der Waals surface area (Å²) in [7, 11) is -5.12. The predicted octanol–water partition coefficient (Wildman–Crippen LogP) is 4.05. The van der Waals surface area contributed by atoms with Gasteiger partial charge in [0.2, 0.25) is 0 Å². The molecule has 0 aliphatic carbocycles. The Labute approximate surface area is 267 Å². The number of hydrogen-bond acceptors (Lipinski definition) is 11. The third-order valence-electron chi connectivity index (χ3n) is 7.35. The standard InChI is InChI=1S/C31H27N3O10S2/c1-19(35)43-28(46(40,41)42)24-18-45-30-31(2,32-17-20-13-15-23(16-14-20)34(38)39)29(37)33(30)25(24)27(36)44-26(21-9-5-3-6-10-21)22-11-7-4-8-12-22/h3-17,26,28,30H,18H2,1-2H3,(H,40,41,42)/t28?,30-,31+/m1/s1. The summed E-state index contributed by atoms with van der Waals surface area (Å²) in [5.74, 6) is -3.08. The van der Waals surface area contributed by atoms with E-state index < -0.39 is 61.0 Å². The van der Waals surface area contributed by atoms with Crippen molar-refractivity contribution in [2.75, 3.05) is 5.75 Å². The number of ether oxygens (including phenoxy) is 2. The summed E-state index contributed by atoms with van der Waals surface area (Å²) in [5, 5.41) is 10.2. The monoisotopic (exact) mass is 665 g/mol. The molecule has 2 aliphatic rings. The van der Waals surface area contributed by atoms with Gasteiger partial charge in [0.25, 0.3) is 17.0 Å². The first-order chi connectivity index (χ1) is 21.8. The van der Waals surface area contributed by atoms with Crippen LogP contribution in [0.15, 0.2) is 101 Å². The number of esters is 2. The topological polar surface area (TPSA) is 183 Å². The first kappa shape index (κ1) is 32.5. The molecule has 15 heteroatoms. The normalized spacial score (nSPS) is 20.2. The van der Waals surface area contributed by atoms with Gasteiger partial charge in [-0.1, -0.05) is 60.7 Å². The molecule has 238 valence electrons. The van der Waals surface area contributed by atoms with Gasteiger partial charge in [-0.2, -0.15) is 8.42 Å². The molecule has 1 N–H and O–H groups in total. The summed E-state index contributed by atoms with van der Waals surface area (Å²) >= 11 is 1.05. The molecule has 0 aromatic heterocycles. The third-order valence-corrected chi connectivity index (χ3v) is 9.73.